The third-order valence-electron chi connectivity index (χ3n) is 7.99. The lowest BCUT2D eigenvalue weighted by molar-refractivity contribution is -0.135. The van der Waals surface area contributed by atoms with Crippen LogP contribution in [0.3, 0.4) is 0 Å². The maximum Gasteiger partial charge on any atom is 0.236 e. The molecule has 0 radical (unpaired) electrons. The van der Waals surface area contributed by atoms with Crippen LogP contribution >= 0.6 is 0 Å². The van der Waals surface area contributed by atoms with E-state index in [0.717, 1.165) is 64.0 Å². The second-order valence-corrected chi connectivity index (χ2v) is 10.3. The molecule has 5 rings (SSSR count). The van der Waals surface area contributed by atoms with Crippen LogP contribution in [0.4, 0.5) is 5.69 Å². The van der Waals surface area contributed by atoms with Crippen LogP contribution in [0.15, 0.2) is 35.3 Å². The average Bonchev–Trinajstić information content (AvgIpc) is 3.12. The standard InChI is InChI=1S/C26H39N5O2/c1-21(2)33-25-26(31(20-27-25)23-7-4-3-5-8-23)11-13-28(14-12-26)19-24(32)30-17-15-29(16-18-30)22-9-6-10-22/h3-5,7-8,21-22H,6,9-20H2,1-2H3. The third-order valence-corrected chi connectivity index (χ3v) is 7.99. The van der Waals surface area contributed by atoms with E-state index in [1.54, 1.807) is 0 Å². The highest BCUT2D eigenvalue weighted by molar-refractivity contribution is 5.93. The largest absolute Gasteiger partial charge is 0.477 e. The maximum atomic E-state index is 13.0. The van der Waals surface area contributed by atoms with Crippen LogP contribution in [0.2, 0.25) is 0 Å². The van der Waals surface area contributed by atoms with Gasteiger partial charge in [-0.05, 0) is 51.7 Å². The molecule has 4 aliphatic rings. The number of ether oxygens (including phenoxy) is 1. The molecule has 7 heteroatoms. The molecule has 0 atom stereocenters. The first-order valence-electron chi connectivity index (χ1n) is 12.8. The fourth-order valence-electron chi connectivity index (χ4n) is 5.78. The number of anilines is 1. The van der Waals surface area contributed by atoms with E-state index in [4.69, 9.17) is 9.73 Å². The Kier molecular flexibility index (Phi) is 6.61. The minimum Gasteiger partial charge on any atom is -0.477 e. The Hall–Kier alpha value is -2.12. The zero-order valence-corrected chi connectivity index (χ0v) is 20.3. The van der Waals surface area contributed by atoms with Crippen LogP contribution in [0.1, 0.15) is 46.0 Å². The molecule has 0 bridgehead atoms. The smallest absolute Gasteiger partial charge is 0.236 e. The van der Waals surface area contributed by atoms with E-state index in [1.807, 2.05) is 0 Å². The Morgan fingerprint density at radius 3 is 2.36 bits per heavy atom. The van der Waals surface area contributed by atoms with Crippen molar-refractivity contribution in [1.82, 2.24) is 14.7 Å². The van der Waals surface area contributed by atoms with Crippen LogP contribution in [0.5, 0.6) is 0 Å². The van der Waals surface area contributed by atoms with Crippen molar-refractivity contribution in [3.8, 4) is 0 Å². The Labute approximate surface area is 198 Å². The number of hydrogen-bond donors (Lipinski definition) is 0. The molecule has 1 amide bonds. The second-order valence-electron chi connectivity index (χ2n) is 10.3. The lowest BCUT2D eigenvalue weighted by Crippen LogP contribution is -2.59. The fourth-order valence-corrected chi connectivity index (χ4v) is 5.78. The van der Waals surface area contributed by atoms with Crippen molar-refractivity contribution in [2.24, 2.45) is 4.99 Å². The lowest BCUT2D eigenvalue weighted by atomic mass is 9.85. The van der Waals surface area contributed by atoms with E-state index in [9.17, 15) is 4.79 Å². The average molecular weight is 454 g/mol. The van der Waals surface area contributed by atoms with E-state index in [1.165, 1.54) is 24.9 Å². The number of likely N-dealkylation sites (tertiary alicyclic amines) is 1. The lowest BCUT2D eigenvalue weighted by Gasteiger charge is -2.46. The zero-order chi connectivity index (χ0) is 22.8. The number of amides is 1. The summed E-state index contributed by atoms with van der Waals surface area (Å²) in [7, 11) is 0. The van der Waals surface area contributed by atoms with Gasteiger partial charge in [-0.15, -0.1) is 0 Å². The number of hydrogen-bond acceptors (Lipinski definition) is 6. The molecule has 1 saturated carbocycles. The first kappa shape index (κ1) is 22.7. The summed E-state index contributed by atoms with van der Waals surface area (Å²) in [6.07, 6.45) is 6.02. The molecule has 3 fully saturated rings. The predicted molar refractivity (Wildman–Crippen MR) is 132 cm³/mol. The molecule has 0 unspecified atom stereocenters. The highest BCUT2D eigenvalue weighted by Gasteiger charge is 2.49. The Bertz CT molecular complexity index is 837. The quantitative estimate of drug-likeness (QED) is 0.686. The van der Waals surface area contributed by atoms with Crippen LogP contribution in [-0.4, -0.2) is 96.7 Å². The zero-order valence-electron chi connectivity index (χ0n) is 20.3. The second kappa shape index (κ2) is 9.63. The van der Waals surface area contributed by atoms with Gasteiger partial charge in [0.15, 0.2) is 0 Å². The van der Waals surface area contributed by atoms with Crippen molar-refractivity contribution in [2.75, 3.05) is 57.4 Å². The van der Waals surface area contributed by atoms with Crippen molar-refractivity contribution in [1.29, 1.82) is 0 Å². The molecule has 180 valence electrons. The minimum absolute atomic E-state index is 0.106. The molecule has 1 aliphatic carbocycles. The topological polar surface area (TPSA) is 51.6 Å². The highest BCUT2D eigenvalue weighted by Crippen LogP contribution is 2.38. The van der Waals surface area contributed by atoms with Crippen LogP contribution in [0, 0.1) is 0 Å². The van der Waals surface area contributed by atoms with E-state index in [-0.39, 0.29) is 17.6 Å². The van der Waals surface area contributed by atoms with Crippen LogP contribution < -0.4 is 4.90 Å². The van der Waals surface area contributed by atoms with E-state index in [2.05, 4.69) is 63.8 Å². The molecular formula is C26H39N5O2. The molecule has 1 spiro atoms. The summed E-state index contributed by atoms with van der Waals surface area (Å²) in [4.78, 5) is 27.3. The van der Waals surface area contributed by atoms with Crippen molar-refractivity contribution in [3.63, 3.8) is 0 Å². The molecule has 3 heterocycles. The third kappa shape index (κ3) is 4.62. The molecule has 0 N–H and O–H groups in total. The minimum atomic E-state index is -0.209. The van der Waals surface area contributed by atoms with Gasteiger partial charge < -0.3 is 14.5 Å². The summed E-state index contributed by atoms with van der Waals surface area (Å²) in [5.41, 5.74) is 0.983. The summed E-state index contributed by atoms with van der Waals surface area (Å²) in [6.45, 7) is 10.9. The Morgan fingerprint density at radius 2 is 1.76 bits per heavy atom. The van der Waals surface area contributed by atoms with E-state index in [0.29, 0.717) is 13.2 Å². The SMILES string of the molecule is CC(C)OC1=NCN(c2ccccc2)C12CCN(CC(=O)N1CCN(C3CCC3)CC1)CC2. The monoisotopic (exact) mass is 453 g/mol. The van der Waals surface area contributed by atoms with Gasteiger partial charge in [-0.2, -0.15) is 0 Å². The Morgan fingerprint density at radius 1 is 1.06 bits per heavy atom. The van der Waals surface area contributed by atoms with Gasteiger partial charge in [-0.25, -0.2) is 4.99 Å². The number of piperazine rings is 1. The van der Waals surface area contributed by atoms with E-state index >= 15 is 0 Å². The van der Waals surface area contributed by atoms with Gasteiger partial charge in [0.1, 0.15) is 12.2 Å². The van der Waals surface area contributed by atoms with Gasteiger partial charge in [0.05, 0.1) is 12.6 Å². The fraction of sp³-hybridized carbons (Fsp3) is 0.692. The molecule has 3 aliphatic heterocycles. The first-order valence-corrected chi connectivity index (χ1v) is 12.8. The van der Waals surface area contributed by atoms with Crippen molar-refractivity contribution < 1.29 is 9.53 Å². The molecule has 1 aromatic rings. The molecule has 33 heavy (non-hydrogen) atoms. The Balaban J connectivity index is 1.19. The van der Waals surface area contributed by atoms with Gasteiger partial charge in [0.25, 0.3) is 0 Å². The number of carbonyl (C=O) groups excluding carboxylic acids is 1. The van der Waals surface area contributed by atoms with Gasteiger partial charge in [-0.1, -0.05) is 24.6 Å². The summed E-state index contributed by atoms with van der Waals surface area (Å²) >= 11 is 0. The summed E-state index contributed by atoms with van der Waals surface area (Å²) in [5, 5.41) is 0. The molecule has 1 aromatic carbocycles. The molecular weight excluding hydrogens is 414 g/mol. The summed E-state index contributed by atoms with van der Waals surface area (Å²) < 4.78 is 6.22. The molecule has 0 aromatic heterocycles. The highest BCUT2D eigenvalue weighted by atomic mass is 16.5. The van der Waals surface area contributed by atoms with Crippen molar-refractivity contribution in [3.05, 3.63) is 30.3 Å². The number of carbonyl (C=O) groups is 1. The van der Waals surface area contributed by atoms with Gasteiger partial charge in [0.2, 0.25) is 11.8 Å². The van der Waals surface area contributed by atoms with Crippen LogP contribution in [-0.2, 0) is 9.53 Å². The molecule has 2 saturated heterocycles. The van der Waals surface area contributed by atoms with E-state index < -0.39 is 0 Å². The summed E-state index contributed by atoms with van der Waals surface area (Å²) in [6, 6.07) is 11.3. The van der Waals surface area contributed by atoms with Crippen molar-refractivity contribution in [2.45, 2.75) is 63.6 Å². The van der Waals surface area contributed by atoms with Gasteiger partial charge in [-0.3, -0.25) is 14.6 Å². The van der Waals surface area contributed by atoms with Crippen LogP contribution in [0.25, 0.3) is 0 Å². The first-order chi connectivity index (χ1) is 16.0. The number of nitrogens with zero attached hydrogens (tertiary/aromatic N) is 5. The number of benzene rings is 1. The predicted octanol–water partition coefficient (Wildman–Crippen LogP) is 2.82. The van der Waals surface area contributed by atoms with Gasteiger partial charge in [0, 0.05) is 51.0 Å². The number of rotatable bonds is 5. The number of para-hydroxylation sites is 1. The normalized spacial score (nSPS) is 24.3. The molecule has 7 nitrogen and oxygen atoms in total. The van der Waals surface area contributed by atoms with Gasteiger partial charge >= 0.3 is 0 Å². The summed E-state index contributed by atoms with van der Waals surface area (Å²) in [5.74, 6) is 1.16. The maximum absolute atomic E-state index is 13.0. The number of piperidine rings is 1. The van der Waals surface area contributed by atoms with Crippen molar-refractivity contribution >= 4 is 17.5 Å². The number of aliphatic imine (C=N–C) groups is 1.